The van der Waals surface area contributed by atoms with Gasteiger partial charge in [0.15, 0.2) is 0 Å². The maximum atomic E-state index is 12.5. The minimum Gasteiger partial charge on any atom is -0.207 e. The summed E-state index contributed by atoms with van der Waals surface area (Å²) in [5, 5.41) is 3.48. The number of hydrogen-bond acceptors (Lipinski definition) is 1. The van der Waals surface area contributed by atoms with Gasteiger partial charge in [-0.05, 0) is 23.2 Å². The Kier molecular flexibility index (Phi) is 3.70. The topological polar surface area (TPSA) is 48.8 Å². The van der Waals surface area contributed by atoms with Crippen LogP contribution in [0.15, 0.2) is 35.5 Å². The lowest BCUT2D eigenvalue weighted by atomic mass is 10.2. The van der Waals surface area contributed by atoms with Gasteiger partial charge in [0.05, 0.1) is 6.04 Å². The molecule has 1 aromatic rings. The minimum atomic E-state index is -0.259. The van der Waals surface area contributed by atoms with Crippen molar-refractivity contribution in [1.82, 2.24) is 0 Å². The summed E-state index contributed by atoms with van der Waals surface area (Å²) in [4.78, 5) is 2.68. The summed E-state index contributed by atoms with van der Waals surface area (Å²) < 4.78 is 12.5. The van der Waals surface area contributed by atoms with Crippen molar-refractivity contribution in [3.63, 3.8) is 0 Å². The lowest BCUT2D eigenvalue weighted by Crippen LogP contribution is -1.87. The predicted octanol–water partition coefficient (Wildman–Crippen LogP) is 3.54. The van der Waals surface area contributed by atoms with Gasteiger partial charge in [-0.3, -0.25) is 0 Å². The molecule has 0 aliphatic carbocycles. The Labute approximate surface area is 81.5 Å². The highest BCUT2D eigenvalue weighted by Gasteiger charge is 1.91. The Hall–Kier alpha value is -1.80. The van der Waals surface area contributed by atoms with Crippen LogP contribution in [0.4, 0.5) is 4.39 Å². The quantitative estimate of drug-likeness (QED) is 0.398. The molecular weight excluding hydrogens is 181 g/mol. The summed E-state index contributed by atoms with van der Waals surface area (Å²) in [5.41, 5.74) is 9.03. The molecule has 14 heavy (non-hydrogen) atoms. The number of hydrogen-bond donors (Lipinski definition) is 0. The fourth-order valence-corrected chi connectivity index (χ4v) is 0.944. The van der Waals surface area contributed by atoms with Crippen molar-refractivity contribution in [3.8, 4) is 0 Å². The van der Waals surface area contributed by atoms with Crippen LogP contribution < -0.4 is 0 Å². The van der Waals surface area contributed by atoms with E-state index in [1.165, 1.54) is 12.1 Å². The lowest BCUT2D eigenvalue weighted by Gasteiger charge is -1.95. The molecule has 0 saturated heterocycles. The van der Waals surface area contributed by atoms with E-state index in [1.807, 2.05) is 0 Å². The highest BCUT2D eigenvalue weighted by molar-refractivity contribution is 5.49. The van der Waals surface area contributed by atoms with Crippen molar-refractivity contribution in [2.24, 2.45) is 5.11 Å². The van der Waals surface area contributed by atoms with Gasteiger partial charge in [0.2, 0.25) is 0 Å². The van der Waals surface area contributed by atoms with Crippen LogP contribution in [0.1, 0.15) is 12.5 Å². The second kappa shape index (κ2) is 5.04. The van der Waals surface area contributed by atoms with Gasteiger partial charge in [-0.1, -0.05) is 36.3 Å². The second-order valence-corrected chi connectivity index (χ2v) is 2.86. The highest BCUT2D eigenvalue weighted by atomic mass is 19.1. The van der Waals surface area contributed by atoms with Crippen molar-refractivity contribution in [2.75, 3.05) is 0 Å². The molecule has 0 fully saturated rings. The summed E-state index contributed by atoms with van der Waals surface area (Å²) in [6.07, 6.45) is 3.55. The van der Waals surface area contributed by atoms with Crippen LogP contribution in [0.3, 0.4) is 0 Å². The number of halogens is 1. The van der Waals surface area contributed by atoms with Crippen molar-refractivity contribution in [2.45, 2.75) is 13.0 Å². The van der Waals surface area contributed by atoms with Gasteiger partial charge in [0, 0.05) is 4.91 Å². The number of rotatable bonds is 3. The summed E-state index contributed by atoms with van der Waals surface area (Å²) in [5.74, 6) is -0.259. The third-order valence-corrected chi connectivity index (χ3v) is 1.67. The minimum absolute atomic E-state index is 0.190. The van der Waals surface area contributed by atoms with Gasteiger partial charge in [-0.15, -0.1) is 0 Å². The number of benzene rings is 1. The number of azide groups is 1. The van der Waals surface area contributed by atoms with Gasteiger partial charge < -0.3 is 0 Å². The van der Waals surface area contributed by atoms with Crippen LogP contribution in [0, 0.1) is 5.82 Å². The molecular formula is C10H10FN3. The molecule has 0 saturated carbocycles. The van der Waals surface area contributed by atoms with E-state index in [4.69, 9.17) is 5.53 Å². The normalized spacial score (nSPS) is 12.4. The van der Waals surface area contributed by atoms with Crippen LogP contribution in [0.25, 0.3) is 16.5 Å². The Morgan fingerprint density at radius 1 is 1.43 bits per heavy atom. The van der Waals surface area contributed by atoms with Gasteiger partial charge in [-0.25, -0.2) is 4.39 Å². The van der Waals surface area contributed by atoms with Crippen LogP contribution in [0.5, 0.6) is 0 Å². The second-order valence-electron chi connectivity index (χ2n) is 2.86. The molecule has 0 aliphatic heterocycles. The van der Waals surface area contributed by atoms with E-state index in [9.17, 15) is 4.39 Å². The van der Waals surface area contributed by atoms with Gasteiger partial charge >= 0.3 is 0 Å². The fraction of sp³-hybridized carbons (Fsp3) is 0.200. The zero-order chi connectivity index (χ0) is 10.4. The van der Waals surface area contributed by atoms with E-state index in [0.717, 1.165) is 5.56 Å². The number of nitrogens with zero attached hydrogens (tertiary/aromatic N) is 3. The van der Waals surface area contributed by atoms with Crippen molar-refractivity contribution < 1.29 is 4.39 Å². The maximum Gasteiger partial charge on any atom is 0.123 e. The molecule has 4 heteroatoms. The van der Waals surface area contributed by atoms with E-state index < -0.39 is 0 Å². The average Bonchev–Trinajstić information content (AvgIpc) is 2.17. The molecule has 0 aliphatic rings. The molecule has 3 nitrogen and oxygen atoms in total. The molecule has 0 bridgehead atoms. The molecule has 0 radical (unpaired) electrons. The summed E-state index contributed by atoms with van der Waals surface area (Å²) in [6.45, 7) is 1.78. The van der Waals surface area contributed by atoms with Crippen molar-refractivity contribution >= 4 is 6.08 Å². The van der Waals surface area contributed by atoms with Crippen LogP contribution >= 0.6 is 0 Å². The van der Waals surface area contributed by atoms with Gasteiger partial charge in [-0.2, -0.15) is 0 Å². The molecule has 0 aromatic heterocycles. The molecule has 1 atom stereocenters. The SMILES string of the molecule is CC(/C=C/c1ccc(F)cc1)N=[N+]=[N-]. The summed E-state index contributed by atoms with van der Waals surface area (Å²) in [7, 11) is 0. The van der Waals surface area contributed by atoms with Crippen molar-refractivity contribution in [1.29, 1.82) is 0 Å². The smallest absolute Gasteiger partial charge is 0.123 e. The van der Waals surface area contributed by atoms with Crippen LogP contribution in [-0.4, -0.2) is 6.04 Å². The zero-order valence-corrected chi connectivity index (χ0v) is 7.76. The molecule has 0 heterocycles. The van der Waals surface area contributed by atoms with Gasteiger partial charge in [0.1, 0.15) is 5.82 Å². The van der Waals surface area contributed by atoms with Gasteiger partial charge in [0.25, 0.3) is 0 Å². The first kappa shape index (κ1) is 10.3. The molecule has 1 unspecified atom stereocenters. The van der Waals surface area contributed by atoms with E-state index >= 15 is 0 Å². The standard InChI is InChI=1S/C10H10FN3/c1-8(13-14-12)2-3-9-4-6-10(11)7-5-9/h2-8H,1H3/b3-2+. The molecule has 1 rings (SSSR count). The molecule has 0 amide bonds. The fourth-order valence-electron chi connectivity index (χ4n) is 0.944. The largest absolute Gasteiger partial charge is 0.207 e. The molecule has 0 N–H and O–H groups in total. The predicted molar refractivity (Wildman–Crippen MR) is 54.0 cm³/mol. The third-order valence-electron chi connectivity index (χ3n) is 1.67. The van der Waals surface area contributed by atoms with E-state index in [2.05, 4.69) is 10.0 Å². The first-order valence-corrected chi connectivity index (χ1v) is 4.20. The summed E-state index contributed by atoms with van der Waals surface area (Å²) in [6, 6.07) is 5.91. The Morgan fingerprint density at radius 3 is 2.64 bits per heavy atom. The maximum absolute atomic E-state index is 12.5. The monoisotopic (exact) mass is 191 g/mol. The van der Waals surface area contributed by atoms with Crippen LogP contribution in [0.2, 0.25) is 0 Å². The first-order valence-electron chi connectivity index (χ1n) is 4.20. The lowest BCUT2D eigenvalue weighted by molar-refractivity contribution is 0.628. The van der Waals surface area contributed by atoms with Crippen LogP contribution in [-0.2, 0) is 0 Å². The average molecular weight is 191 g/mol. The summed E-state index contributed by atoms with van der Waals surface area (Å²) >= 11 is 0. The molecule has 1 aromatic carbocycles. The third kappa shape index (κ3) is 3.29. The van der Waals surface area contributed by atoms with E-state index in [1.54, 1.807) is 31.2 Å². The van der Waals surface area contributed by atoms with E-state index in [0.29, 0.717) is 0 Å². The highest BCUT2D eigenvalue weighted by Crippen LogP contribution is 2.06. The Bertz CT molecular complexity index is 363. The Morgan fingerprint density at radius 2 is 2.07 bits per heavy atom. The van der Waals surface area contributed by atoms with Crippen molar-refractivity contribution in [3.05, 3.63) is 52.2 Å². The molecule has 0 spiro atoms. The molecule has 72 valence electrons. The first-order chi connectivity index (χ1) is 6.72. The van der Waals surface area contributed by atoms with E-state index in [-0.39, 0.29) is 11.9 Å². The zero-order valence-electron chi connectivity index (χ0n) is 7.76. The Balaban J connectivity index is 2.68.